The molecule has 1 aliphatic rings. The van der Waals surface area contributed by atoms with Crippen LogP contribution in [0.15, 0.2) is 12.1 Å². The second kappa shape index (κ2) is 5.60. The van der Waals surface area contributed by atoms with Crippen molar-refractivity contribution in [3.63, 3.8) is 0 Å². The van der Waals surface area contributed by atoms with Crippen LogP contribution >= 0.6 is 11.8 Å². The third-order valence-electron chi connectivity index (χ3n) is 1.82. The van der Waals surface area contributed by atoms with Gasteiger partial charge in [-0.25, -0.2) is 0 Å². The summed E-state index contributed by atoms with van der Waals surface area (Å²) in [5, 5.41) is 0. The fraction of sp³-hybridized carbons (Fsp3) is 0.400. The van der Waals surface area contributed by atoms with Crippen LogP contribution in [0.1, 0.15) is 12.5 Å². The van der Waals surface area contributed by atoms with Crippen LogP contribution in [0.4, 0.5) is 0 Å². The van der Waals surface area contributed by atoms with Crippen LogP contribution in [0.3, 0.4) is 0 Å². The molecule has 0 spiro atoms. The van der Waals surface area contributed by atoms with Crippen LogP contribution in [0, 0.1) is 6.07 Å². The molecule has 0 N–H and O–H groups in total. The number of ether oxygens (including phenoxy) is 2. The van der Waals surface area contributed by atoms with Crippen molar-refractivity contribution in [3.05, 3.63) is 23.8 Å². The van der Waals surface area contributed by atoms with Gasteiger partial charge in [0.1, 0.15) is 0 Å². The Bertz CT molecular complexity index is 304. The summed E-state index contributed by atoms with van der Waals surface area (Å²) in [7, 11) is 0. The third kappa shape index (κ3) is 2.63. The molecule has 0 saturated carbocycles. The van der Waals surface area contributed by atoms with E-state index < -0.39 is 0 Å². The van der Waals surface area contributed by atoms with Crippen molar-refractivity contribution in [1.29, 1.82) is 0 Å². The van der Waals surface area contributed by atoms with Crippen molar-refractivity contribution in [1.82, 2.24) is 0 Å². The number of hydrogen-bond donors (Lipinski definition) is 0. The molecule has 0 aromatic heterocycles. The van der Waals surface area contributed by atoms with Gasteiger partial charge < -0.3 is 9.47 Å². The van der Waals surface area contributed by atoms with Crippen molar-refractivity contribution < 1.29 is 28.3 Å². The van der Waals surface area contributed by atoms with Gasteiger partial charge in [-0.1, -0.05) is 6.92 Å². The minimum atomic E-state index is 0. The van der Waals surface area contributed by atoms with Crippen LogP contribution in [0.5, 0.6) is 11.5 Å². The fourth-order valence-electron chi connectivity index (χ4n) is 1.18. The Labute approximate surface area is 101 Å². The van der Waals surface area contributed by atoms with Crippen molar-refractivity contribution >= 4 is 11.8 Å². The molecule has 1 aliphatic heterocycles. The summed E-state index contributed by atoms with van der Waals surface area (Å²) in [5.74, 6) is 3.72. The molecule has 1 heterocycles. The summed E-state index contributed by atoms with van der Waals surface area (Å²) >= 11 is 1.89. The van der Waals surface area contributed by atoms with E-state index in [0.29, 0.717) is 6.79 Å². The van der Waals surface area contributed by atoms with E-state index in [1.807, 2.05) is 23.9 Å². The fourth-order valence-corrected chi connectivity index (χ4v) is 1.79. The molecule has 0 saturated heterocycles. The van der Waals surface area contributed by atoms with Gasteiger partial charge >= 0.3 is 18.9 Å². The molecule has 1 aromatic carbocycles. The molecule has 14 heavy (non-hydrogen) atoms. The van der Waals surface area contributed by atoms with Crippen LogP contribution < -0.4 is 28.3 Å². The number of thioether (sulfide) groups is 1. The summed E-state index contributed by atoms with van der Waals surface area (Å²) in [4.78, 5) is 0. The zero-order valence-electron chi connectivity index (χ0n) is 8.50. The molecular weight excluding hydrogens is 191 g/mol. The quantitative estimate of drug-likeness (QED) is 0.485. The average Bonchev–Trinajstić information content (AvgIpc) is 2.61. The van der Waals surface area contributed by atoms with E-state index in [0.717, 1.165) is 23.0 Å². The maximum atomic E-state index is 5.26. The third-order valence-corrected chi connectivity index (χ3v) is 2.77. The summed E-state index contributed by atoms with van der Waals surface area (Å²) < 4.78 is 10.4. The van der Waals surface area contributed by atoms with Crippen molar-refractivity contribution in [2.75, 3.05) is 12.5 Å². The topological polar surface area (TPSA) is 18.5 Å². The normalized spacial score (nSPS) is 12.4. The molecule has 0 fully saturated rings. The van der Waals surface area contributed by atoms with Gasteiger partial charge in [-0.15, -0.1) is 17.7 Å². The van der Waals surface area contributed by atoms with Crippen LogP contribution in [0.2, 0.25) is 0 Å². The summed E-state index contributed by atoms with van der Waals surface area (Å²) in [6.07, 6.45) is 0. The molecule has 70 valence electrons. The van der Waals surface area contributed by atoms with Crippen LogP contribution in [0.25, 0.3) is 0 Å². The van der Waals surface area contributed by atoms with Gasteiger partial charge in [0.15, 0.2) is 0 Å². The van der Waals surface area contributed by atoms with Crippen molar-refractivity contribution in [3.8, 4) is 11.5 Å². The first kappa shape index (κ1) is 11.8. The monoisotopic (exact) mass is 202 g/mol. The Balaban J connectivity index is 0.000000980. The summed E-state index contributed by atoms with van der Waals surface area (Å²) in [6, 6.07) is 7.06. The Morgan fingerprint density at radius 2 is 2.36 bits per heavy atom. The largest absolute Gasteiger partial charge is 1.00 e. The predicted octanol–water partition coefficient (Wildman–Crippen LogP) is -0.527. The molecule has 0 amide bonds. The van der Waals surface area contributed by atoms with Crippen molar-refractivity contribution in [2.24, 2.45) is 0 Å². The first-order valence-corrected chi connectivity index (χ1v) is 5.43. The number of fused-ring (bicyclic) bond motifs is 1. The molecule has 2 rings (SSSR count). The predicted molar refractivity (Wildman–Crippen MR) is 53.2 cm³/mol. The zero-order chi connectivity index (χ0) is 9.10. The van der Waals surface area contributed by atoms with E-state index in [9.17, 15) is 0 Å². The van der Waals surface area contributed by atoms with E-state index in [1.165, 1.54) is 5.56 Å². The summed E-state index contributed by atoms with van der Waals surface area (Å²) in [6.45, 7) is 2.48. The Morgan fingerprint density at radius 1 is 1.50 bits per heavy atom. The second-order valence-electron chi connectivity index (χ2n) is 2.74. The molecule has 0 atom stereocenters. The standard InChI is InChI=1S/C10H11O2S.Li/c1-2-13-6-8-3-4-9-10(5-8)12-7-11-9;/h3,5H,2,6-7H2,1H3;/q-1;+1. The maximum Gasteiger partial charge on any atom is 1.00 e. The van der Waals surface area contributed by atoms with Gasteiger partial charge in [-0.2, -0.15) is 17.8 Å². The number of rotatable bonds is 3. The molecular formula is C10H11LiO2S. The average molecular weight is 202 g/mol. The Kier molecular flexibility index (Phi) is 4.74. The van der Waals surface area contributed by atoms with Gasteiger partial charge in [0, 0.05) is 0 Å². The maximum absolute atomic E-state index is 5.26. The van der Waals surface area contributed by atoms with Crippen LogP contribution in [-0.2, 0) is 5.75 Å². The van der Waals surface area contributed by atoms with E-state index in [4.69, 9.17) is 9.47 Å². The minimum Gasteiger partial charge on any atom is -0.516 e. The number of benzene rings is 1. The molecule has 2 nitrogen and oxygen atoms in total. The number of hydrogen-bond acceptors (Lipinski definition) is 3. The summed E-state index contributed by atoms with van der Waals surface area (Å²) in [5.41, 5.74) is 1.25. The van der Waals surface area contributed by atoms with E-state index in [-0.39, 0.29) is 18.9 Å². The van der Waals surface area contributed by atoms with Gasteiger partial charge in [0.25, 0.3) is 0 Å². The molecule has 0 bridgehead atoms. The van der Waals surface area contributed by atoms with Crippen molar-refractivity contribution in [2.45, 2.75) is 12.7 Å². The zero-order valence-corrected chi connectivity index (χ0v) is 9.32. The molecule has 4 heteroatoms. The molecule has 0 aliphatic carbocycles. The van der Waals surface area contributed by atoms with Gasteiger partial charge in [0.05, 0.1) is 11.5 Å². The Hall–Kier alpha value is -0.233. The Morgan fingerprint density at radius 3 is 3.14 bits per heavy atom. The first-order valence-electron chi connectivity index (χ1n) is 4.28. The van der Waals surface area contributed by atoms with Gasteiger partial charge in [0.2, 0.25) is 6.79 Å². The molecule has 0 radical (unpaired) electrons. The van der Waals surface area contributed by atoms with E-state index >= 15 is 0 Å². The molecule has 0 unspecified atom stereocenters. The second-order valence-corrected chi connectivity index (χ2v) is 4.02. The van der Waals surface area contributed by atoms with Gasteiger partial charge in [-0.05, 0) is 11.5 Å². The van der Waals surface area contributed by atoms with E-state index in [2.05, 4.69) is 13.0 Å². The van der Waals surface area contributed by atoms with E-state index in [1.54, 1.807) is 0 Å². The molecule has 1 aromatic rings. The first-order chi connectivity index (χ1) is 6.40. The van der Waals surface area contributed by atoms with Gasteiger partial charge in [-0.3, -0.25) is 0 Å². The smallest absolute Gasteiger partial charge is 0.516 e. The van der Waals surface area contributed by atoms with Crippen LogP contribution in [-0.4, -0.2) is 12.5 Å². The SMILES string of the molecule is CCSCc1c[c-]c2c(c1)OCO2.[Li+]. The minimum absolute atomic E-state index is 0.